The third-order valence-electron chi connectivity index (χ3n) is 3.52. The molecule has 0 aromatic heterocycles. The van der Waals surface area contributed by atoms with Gasteiger partial charge in [0.15, 0.2) is 0 Å². The molecule has 0 saturated heterocycles. The largest absolute Gasteiger partial charge is 0.481 e. The second kappa shape index (κ2) is 8.52. The monoisotopic (exact) mass is 355 g/mol. The van der Waals surface area contributed by atoms with Crippen molar-refractivity contribution < 1.29 is 13.2 Å². The molecule has 0 radical (unpaired) electrons. The number of hydrogen-bond acceptors (Lipinski definition) is 3. The molecule has 4 nitrogen and oxygen atoms in total. The minimum absolute atomic E-state index is 0.226. The van der Waals surface area contributed by atoms with Crippen molar-refractivity contribution in [2.24, 2.45) is 0 Å². The fraction of sp³-hybridized carbons (Fsp3) is 0.200. The molecule has 25 heavy (non-hydrogen) atoms. The molecule has 0 bridgehead atoms. The second-order valence-corrected chi connectivity index (χ2v) is 7.41. The molecule has 5 heteroatoms. The molecule has 0 heterocycles. The molecular formula is C20H21NO3S. The quantitative estimate of drug-likeness (QED) is 0.581. The summed E-state index contributed by atoms with van der Waals surface area (Å²) in [6, 6.07) is 14.2. The minimum Gasteiger partial charge on any atom is -0.481 e. The highest BCUT2D eigenvalue weighted by atomic mass is 32.2. The van der Waals surface area contributed by atoms with Gasteiger partial charge in [-0.05, 0) is 48.7 Å². The Kier molecular flexibility index (Phi) is 6.40. The van der Waals surface area contributed by atoms with Gasteiger partial charge in [0.1, 0.15) is 12.4 Å². The van der Waals surface area contributed by atoms with Crippen molar-refractivity contribution in [2.75, 3.05) is 13.2 Å². The molecule has 0 atom stereocenters. The molecule has 1 N–H and O–H groups in total. The number of hydrogen-bond donors (Lipinski definition) is 1. The maximum atomic E-state index is 12.2. The molecule has 0 amide bonds. The molecule has 130 valence electrons. The van der Waals surface area contributed by atoms with E-state index < -0.39 is 10.0 Å². The van der Waals surface area contributed by atoms with E-state index in [0.29, 0.717) is 18.7 Å². The van der Waals surface area contributed by atoms with Crippen LogP contribution in [0, 0.1) is 12.3 Å². The Hall–Kier alpha value is -2.55. The van der Waals surface area contributed by atoms with Gasteiger partial charge in [-0.15, -0.1) is 13.0 Å². The van der Waals surface area contributed by atoms with E-state index in [1.807, 2.05) is 31.2 Å². The van der Waals surface area contributed by atoms with Crippen LogP contribution in [0.2, 0.25) is 0 Å². The summed E-state index contributed by atoms with van der Waals surface area (Å²) in [7, 11) is -3.50. The fourth-order valence-corrected chi connectivity index (χ4v) is 3.21. The average Bonchev–Trinajstić information content (AvgIpc) is 2.60. The van der Waals surface area contributed by atoms with Crippen LogP contribution >= 0.6 is 0 Å². The summed E-state index contributed by atoms with van der Waals surface area (Å²) in [5, 5.41) is 0. The number of benzene rings is 2. The normalized spacial score (nSPS) is 10.9. The van der Waals surface area contributed by atoms with E-state index in [1.165, 1.54) is 0 Å². The van der Waals surface area contributed by atoms with E-state index in [-0.39, 0.29) is 11.5 Å². The van der Waals surface area contributed by atoms with Crippen molar-refractivity contribution in [3.63, 3.8) is 0 Å². The van der Waals surface area contributed by atoms with E-state index in [0.717, 1.165) is 16.7 Å². The van der Waals surface area contributed by atoms with Crippen molar-refractivity contribution in [3.8, 4) is 29.2 Å². The van der Waals surface area contributed by atoms with Crippen molar-refractivity contribution in [1.29, 1.82) is 0 Å². The Bertz CT molecular complexity index is 861. The Morgan fingerprint density at radius 1 is 1.12 bits per heavy atom. The number of ether oxygens (including phenoxy) is 1. The van der Waals surface area contributed by atoms with Gasteiger partial charge < -0.3 is 4.74 Å². The van der Waals surface area contributed by atoms with Gasteiger partial charge >= 0.3 is 0 Å². The summed E-state index contributed by atoms with van der Waals surface area (Å²) in [5.74, 6) is 3.11. The highest BCUT2D eigenvalue weighted by Gasteiger charge is 2.13. The van der Waals surface area contributed by atoms with Crippen LogP contribution in [0.3, 0.4) is 0 Å². The van der Waals surface area contributed by atoms with Gasteiger partial charge in [-0.2, -0.15) is 0 Å². The maximum Gasteiger partial charge on any atom is 0.240 e. The van der Waals surface area contributed by atoms with Gasteiger partial charge in [-0.1, -0.05) is 35.8 Å². The van der Waals surface area contributed by atoms with Crippen molar-refractivity contribution in [1.82, 2.24) is 4.72 Å². The number of terminal acetylenes is 1. The zero-order chi connectivity index (χ0) is 18.3. The first-order valence-corrected chi connectivity index (χ1v) is 9.31. The van der Waals surface area contributed by atoms with E-state index in [4.69, 9.17) is 11.2 Å². The van der Waals surface area contributed by atoms with Crippen LogP contribution in [0.4, 0.5) is 0 Å². The van der Waals surface area contributed by atoms with E-state index in [9.17, 15) is 8.42 Å². The summed E-state index contributed by atoms with van der Waals surface area (Å²) in [6.07, 6.45) is 5.77. The van der Waals surface area contributed by atoms with Crippen LogP contribution in [0.5, 0.6) is 5.75 Å². The van der Waals surface area contributed by atoms with Crippen LogP contribution in [-0.4, -0.2) is 21.6 Å². The number of sulfonamides is 1. The van der Waals surface area contributed by atoms with E-state index in [2.05, 4.69) is 17.2 Å². The van der Waals surface area contributed by atoms with Crippen LogP contribution in [-0.2, 0) is 10.0 Å². The maximum absolute atomic E-state index is 12.2. The molecular weight excluding hydrogens is 334 g/mol. The zero-order valence-corrected chi connectivity index (χ0v) is 15.0. The lowest BCUT2D eigenvalue weighted by Gasteiger charge is -2.08. The second-order valence-electron chi connectivity index (χ2n) is 5.65. The van der Waals surface area contributed by atoms with Crippen LogP contribution < -0.4 is 9.46 Å². The molecule has 0 aliphatic carbocycles. The number of nitrogens with one attached hydrogen (secondary N) is 1. The van der Waals surface area contributed by atoms with Gasteiger partial charge in [-0.3, -0.25) is 0 Å². The summed E-state index contributed by atoms with van der Waals surface area (Å²) in [6.45, 7) is 6.20. The first kappa shape index (κ1) is 18.8. The van der Waals surface area contributed by atoms with E-state index >= 15 is 0 Å². The standard InChI is InChI=1S/C20H21NO3S/c1-4-15-24-19-9-5-17(6-10-19)18-7-11-20(12-8-18)25(22,23)21-14-13-16(2)3/h1,5-12,21H,2,13-15H2,3H3. The summed E-state index contributed by atoms with van der Waals surface area (Å²) in [5.41, 5.74) is 2.82. The van der Waals surface area contributed by atoms with Crippen molar-refractivity contribution in [2.45, 2.75) is 18.2 Å². The minimum atomic E-state index is -3.50. The Morgan fingerprint density at radius 2 is 1.68 bits per heavy atom. The van der Waals surface area contributed by atoms with Crippen LogP contribution in [0.15, 0.2) is 65.6 Å². The molecule has 0 aliphatic heterocycles. The van der Waals surface area contributed by atoms with Gasteiger partial charge in [-0.25, -0.2) is 13.1 Å². The smallest absolute Gasteiger partial charge is 0.240 e. The molecule has 0 aliphatic rings. The topological polar surface area (TPSA) is 55.4 Å². The Balaban J connectivity index is 2.08. The third kappa shape index (κ3) is 5.49. The molecule has 0 unspecified atom stereocenters. The summed E-state index contributed by atoms with van der Waals surface area (Å²) in [4.78, 5) is 0.243. The lowest BCUT2D eigenvalue weighted by atomic mass is 10.1. The van der Waals surface area contributed by atoms with Gasteiger partial charge in [0.25, 0.3) is 0 Å². The highest BCUT2D eigenvalue weighted by molar-refractivity contribution is 7.89. The molecule has 2 aromatic rings. The Morgan fingerprint density at radius 3 is 2.20 bits per heavy atom. The van der Waals surface area contributed by atoms with Crippen LogP contribution in [0.25, 0.3) is 11.1 Å². The summed E-state index contributed by atoms with van der Waals surface area (Å²) < 4.78 is 32.4. The molecule has 0 fully saturated rings. The average molecular weight is 355 g/mol. The molecule has 2 rings (SSSR count). The zero-order valence-electron chi connectivity index (χ0n) is 14.2. The summed E-state index contributed by atoms with van der Waals surface area (Å²) >= 11 is 0. The van der Waals surface area contributed by atoms with E-state index in [1.54, 1.807) is 24.3 Å². The van der Waals surface area contributed by atoms with Gasteiger partial charge in [0.05, 0.1) is 4.90 Å². The third-order valence-corrected chi connectivity index (χ3v) is 5.00. The van der Waals surface area contributed by atoms with Gasteiger partial charge in [0.2, 0.25) is 10.0 Å². The molecule has 0 saturated carbocycles. The predicted molar refractivity (Wildman–Crippen MR) is 101 cm³/mol. The lowest BCUT2D eigenvalue weighted by molar-refractivity contribution is 0.370. The predicted octanol–water partition coefficient (Wildman–Crippen LogP) is 3.61. The molecule has 0 spiro atoms. The number of rotatable bonds is 8. The van der Waals surface area contributed by atoms with Crippen LogP contribution in [0.1, 0.15) is 13.3 Å². The fourth-order valence-electron chi connectivity index (χ4n) is 2.18. The highest BCUT2D eigenvalue weighted by Crippen LogP contribution is 2.24. The Labute approximate surface area is 149 Å². The first-order chi connectivity index (χ1) is 11.9. The van der Waals surface area contributed by atoms with Crippen molar-refractivity contribution >= 4 is 10.0 Å². The molecule has 2 aromatic carbocycles. The van der Waals surface area contributed by atoms with Gasteiger partial charge in [0, 0.05) is 6.54 Å². The SMILES string of the molecule is C#CCOc1ccc(-c2ccc(S(=O)(=O)NCCC(=C)C)cc2)cc1. The lowest BCUT2D eigenvalue weighted by Crippen LogP contribution is -2.24. The first-order valence-electron chi connectivity index (χ1n) is 7.83. The van der Waals surface area contributed by atoms with Crippen molar-refractivity contribution in [3.05, 3.63) is 60.7 Å².